The van der Waals surface area contributed by atoms with E-state index in [-0.39, 0.29) is 1.43 Å². The highest BCUT2D eigenvalue weighted by Gasteiger charge is 2.17. The number of anilines is 1. The number of nitrogens with one attached hydrogen (secondary N) is 2. The van der Waals surface area contributed by atoms with Gasteiger partial charge in [-0.05, 0) is 45.5 Å². The Balaban J connectivity index is 0.000000528. The van der Waals surface area contributed by atoms with Crippen LogP contribution in [0.2, 0.25) is 0 Å². The van der Waals surface area contributed by atoms with Gasteiger partial charge in [0.15, 0.2) is 0 Å². The maximum absolute atomic E-state index is 9.08. The minimum atomic E-state index is 0. The monoisotopic (exact) mass is 324 g/mol. The molecule has 3 aromatic heterocycles. The maximum Gasteiger partial charge on any atom is 0.141 e. The van der Waals surface area contributed by atoms with Gasteiger partial charge in [0.1, 0.15) is 17.4 Å². The number of hydrogen-bond donors (Lipinski definition) is 2. The smallest absolute Gasteiger partial charge is 0.141 e. The van der Waals surface area contributed by atoms with Crippen molar-refractivity contribution in [3.63, 3.8) is 0 Å². The molecule has 4 heterocycles. The molecule has 0 aromatic carbocycles. The summed E-state index contributed by atoms with van der Waals surface area (Å²) in [6.45, 7) is 2.17. The molecule has 0 aliphatic carbocycles. The van der Waals surface area contributed by atoms with Crippen LogP contribution in [0.15, 0.2) is 24.5 Å². The van der Waals surface area contributed by atoms with Gasteiger partial charge in [0.05, 0.1) is 17.1 Å². The number of pyridine rings is 2. The SMILES string of the molecule is CNC.N#Cc1cc2c(cn1)[nH]c1nccc(N3CCCCC3)c12.[HH]. The van der Waals surface area contributed by atoms with Gasteiger partial charge in [-0.2, -0.15) is 5.26 Å². The minimum absolute atomic E-state index is 0. The number of nitrogens with zero attached hydrogens (tertiary/aromatic N) is 4. The van der Waals surface area contributed by atoms with Crippen LogP contribution in [0, 0.1) is 11.3 Å². The lowest BCUT2D eigenvalue weighted by Crippen LogP contribution is -2.29. The molecule has 6 heteroatoms. The average molecular weight is 324 g/mol. The summed E-state index contributed by atoms with van der Waals surface area (Å²) >= 11 is 0. The first-order chi connectivity index (χ1) is 11.8. The fourth-order valence-corrected chi connectivity index (χ4v) is 3.16. The molecule has 0 radical (unpaired) electrons. The zero-order valence-corrected chi connectivity index (χ0v) is 14.1. The molecular weight excluding hydrogens is 300 g/mol. The van der Waals surface area contributed by atoms with E-state index in [2.05, 4.69) is 37.3 Å². The molecule has 0 atom stereocenters. The Kier molecular flexibility index (Phi) is 4.92. The van der Waals surface area contributed by atoms with Crippen molar-refractivity contribution in [1.82, 2.24) is 20.3 Å². The van der Waals surface area contributed by atoms with Gasteiger partial charge in [-0.15, -0.1) is 0 Å². The van der Waals surface area contributed by atoms with Crippen molar-refractivity contribution in [2.75, 3.05) is 32.1 Å². The standard InChI is InChI=1S/C16H15N5.C2H7N.H2/c17-9-11-8-12-13(10-19-11)20-16-15(12)14(4-5-18-16)21-6-2-1-3-7-21;1-3-2;/h4-5,8,10H,1-3,6-7H2,(H,18,20);3H,1-2H3;1H. The summed E-state index contributed by atoms with van der Waals surface area (Å²) in [5.74, 6) is 0. The Labute approximate surface area is 143 Å². The quantitative estimate of drug-likeness (QED) is 0.719. The summed E-state index contributed by atoms with van der Waals surface area (Å²) in [6.07, 6.45) is 7.34. The number of piperidine rings is 1. The fourth-order valence-electron chi connectivity index (χ4n) is 3.16. The van der Waals surface area contributed by atoms with Gasteiger partial charge in [0.25, 0.3) is 0 Å². The van der Waals surface area contributed by atoms with Crippen molar-refractivity contribution in [2.45, 2.75) is 19.3 Å². The van der Waals surface area contributed by atoms with Crippen LogP contribution in [0.25, 0.3) is 21.9 Å². The van der Waals surface area contributed by atoms with Gasteiger partial charge < -0.3 is 15.2 Å². The lowest BCUT2D eigenvalue weighted by Gasteiger charge is -2.29. The number of nitriles is 1. The van der Waals surface area contributed by atoms with Gasteiger partial charge >= 0.3 is 0 Å². The number of fused-ring (bicyclic) bond motifs is 3. The second kappa shape index (κ2) is 7.28. The average Bonchev–Trinajstić information content (AvgIpc) is 3.01. The van der Waals surface area contributed by atoms with Crippen molar-refractivity contribution >= 4 is 27.6 Å². The van der Waals surface area contributed by atoms with Gasteiger partial charge in [0.2, 0.25) is 0 Å². The first-order valence-electron chi connectivity index (χ1n) is 8.28. The van der Waals surface area contributed by atoms with E-state index in [1.54, 1.807) is 6.20 Å². The molecule has 24 heavy (non-hydrogen) atoms. The van der Waals surface area contributed by atoms with Crippen LogP contribution in [0.1, 0.15) is 26.4 Å². The van der Waals surface area contributed by atoms with E-state index in [9.17, 15) is 0 Å². The Hall–Kier alpha value is -2.65. The predicted molar refractivity (Wildman–Crippen MR) is 99.3 cm³/mol. The number of H-pyrrole nitrogens is 1. The van der Waals surface area contributed by atoms with E-state index in [0.717, 1.165) is 35.0 Å². The minimum Gasteiger partial charge on any atom is -0.371 e. The zero-order chi connectivity index (χ0) is 16.9. The van der Waals surface area contributed by atoms with Crippen LogP contribution in [0.4, 0.5) is 5.69 Å². The number of rotatable bonds is 1. The number of aromatic amines is 1. The van der Waals surface area contributed by atoms with Crippen LogP contribution in [0.5, 0.6) is 0 Å². The first-order valence-corrected chi connectivity index (χ1v) is 8.28. The molecule has 0 bridgehead atoms. The largest absolute Gasteiger partial charge is 0.371 e. The molecule has 3 aromatic rings. The molecule has 1 aliphatic rings. The molecule has 6 nitrogen and oxygen atoms in total. The molecule has 1 fully saturated rings. The lowest BCUT2D eigenvalue weighted by molar-refractivity contribution is 0.579. The third kappa shape index (κ3) is 3.03. The molecule has 0 spiro atoms. The van der Waals surface area contributed by atoms with Gasteiger partial charge in [-0.1, -0.05) is 0 Å². The molecule has 126 valence electrons. The normalized spacial score (nSPS) is 14.3. The Morgan fingerprint density at radius 3 is 2.71 bits per heavy atom. The zero-order valence-electron chi connectivity index (χ0n) is 14.1. The fraction of sp³-hybridized carbons (Fsp3) is 0.389. The highest BCUT2D eigenvalue weighted by atomic mass is 15.1. The third-order valence-electron chi connectivity index (χ3n) is 4.17. The summed E-state index contributed by atoms with van der Waals surface area (Å²) in [7, 11) is 3.75. The molecular formula is C18H24N6. The van der Waals surface area contributed by atoms with Crippen molar-refractivity contribution < 1.29 is 1.43 Å². The first kappa shape index (κ1) is 16.2. The van der Waals surface area contributed by atoms with E-state index in [1.807, 2.05) is 26.4 Å². The van der Waals surface area contributed by atoms with Crippen molar-refractivity contribution in [3.05, 3.63) is 30.2 Å². The molecule has 2 N–H and O–H groups in total. The van der Waals surface area contributed by atoms with Crippen LogP contribution in [-0.4, -0.2) is 42.1 Å². The molecule has 4 rings (SSSR count). The highest BCUT2D eigenvalue weighted by molar-refractivity contribution is 6.12. The summed E-state index contributed by atoms with van der Waals surface area (Å²) in [6, 6.07) is 6.04. The lowest BCUT2D eigenvalue weighted by atomic mass is 10.1. The maximum atomic E-state index is 9.08. The number of aromatic nitrogens is 3. The van der Waals surface area contributed by atoms with Gasteiger partial charge in [-0.3, -0.25) is 0 Å². The van der Waals surface area contributed by atoms with Gasteiger partial charge in [0, 0.05) is 31.8 Å². The van der Waals surface area contributed by atoms with E-state index in [0.29, 0.717) is 5.69 Å². The summed E-state index contributed by atoms with van der Waals surface area (Å²) in [4.78, 5) is 14.3. The van der Waals surface area contributed by atoms with E-state index in [1.165, 1.54) is 24.9 Å². The highest BCUT2D eigenvalue weighted by Crippen LogP contribution is 2.33. The topological polar surface area (TPSA) is 80.6 Å². The third-order valence-corrected chi connectivity index (χ3v) is 4.17. The van der Waals surface area contributed by atoms with Crippen LogP contribution in [-0.2, 0) is 0 Å². The van der Waals surface area contributed by atoms with Crippen LogP contribution in [0.3, 0.4) is 0 Å². The molecule has 0 amide bonds. The van der Waals surface area contributed by atoms with Crippen LogP contribution < -0.4 is 10.2 Å². The van der Waals surface area contributed by atoms with E-state index in [4.69, 9.17) is 5.26 Å². The molecule has 1 aliphatic heterocycles. The Morgan fingerprint density at radius 1 is 1.25 bits per heavy atom. The molecule has 0 unspecified atom stereocenters. The summed E-state index contributed by atoms with van der Waals surface area (Å²) in [5, 5.41) is 14.0. The van der Waals surface area contributed by atoms with E-state index < -0.39 is 0 Å². The van der Waals surface area contributed by atoms with E-state index >= 15 is 0 Å². The van der Waals surface area contributed by atoms with Crippen LogP contribution >= 0.6 is 0 Å². The second-order valence-corrected chi connectivity index (χ2v) is 5.95. The Morgan fingerprint density at radius 2 is 2.00 bits per heavy atom. The van der Waals surface area contributed by atoms with Gasteiger partial charge in [-0.25, -0.2) is 9.97 Å². The van der Waals surface area contributed by atoms with Crippen molar-refractivity contribution in [3.8, 4) is 6.07 Å². The predicted octanol–water partition coefficient (Wildman–Crippen LogP) is 3.05. The summed E-state index contributed by atoms with van der Waals surface area (Å²) < 4.78 is 0. The second-order valence-electron chi connectivity index (χ2n) is 5.95. The van der Waals surface area contributed by atoms with Crippen molar-refractivity contribution in [1.29, 1.82) is 5.26 Å². The molecule has 1 saturated heterocycles. The van der Waals surface area contributed by atoms with Crippen molar-refractivity contribution in [2.24, 2.45) is 0 Å². The Bertz CT molecular complexity index is 876. The number of hydrogen-bond acceptors (Lipinski definition) is 5. The molecule has 0 saturated carbocycles. The summed E-state index contributed by atoms with van der Waals surface area (Å²) in [5.41, 5.74) is 3.45.